The number of hydrogen-bond donors (Lipinski definition) is 0. The quantitative estimate of drug-likeness (QED) is 0.760. The number of amides is 1. The Balaban J connectivity index is 1.50. The van der Waals surface area contributed by atoms with Crippen molar-refractivity contribution in [2.45, 2.75) is 12.7 Å². The molecular weight excluding hydrogens is 364 g/mol. The van der Waals surface area contributed by atoms with E-state index in [9.17, 15) is 13.2 Å². The second-order valence-electron chi connectivity index (χ2n) is 6.63. The lowest BCUT2D eigenvalue weighted by Gasteiger charge is -2.34. The fourth-order valence-electron chi connectivity index (χ4n) is 3.03. The van der Waals surface area contributed by atoms with E-state index in [1.807, 2.05) is 49.4 Å². The molecule has 6 nitrogen and oxygen atoms in total. The second kappa shape index (κ2) is 8.54. The van der Waals surface area contributed by atoms with Crippen LogP contribution in [0.3, 0.4) is 0 Å². The Labute approximate surface area is 160 Å². The number of hydrogen-bond acceptors (Lipinski definition) is 4. The number of sulfonamides is 1. The van der Waals surface area contributed by atoms with Crippen LogP contribution in [0.15, 0.2) is 54.6 Å². The number of benzene rings is 2. The van der Waals surface area contributed by atoms with Gasteiger partial charge >= 0.3 is 0 Å². The summed E-state index contributed by atoms with van der Waals surface area (Å²) in [5.74, 6) is 0.516. The van der Waals surface area contributed by atoms with Gasteiger partial charge < -0.3 is 9.64 Å². The van der Waals surface area contributed by atoms with Gasteiger partial charge in [-0.15, -0.1) is 0 Å². The number of rotatable bonds is 6. The topological polar surface area (TPSA) is 66.9 Å². The summed E-state index contributed by atoms with van der Waals surface area (Å²) in [6, 6.07) is 16.7. The molecule has 1 fully saturated rings. The highest BCUT2D eigenvalue weighted by Crippen LogP contribution is 2.15. The molecule has 0 atom stereocenters. The van der Waals surface area contributed by atoms with E-state index in [0.717, 1.165) is 11.1 Å². The van der Waals surface area contributed by atoms with Gasteiger partial charge in [0, 0.05) is 26.2 Å². The average Bonchev–Trinajstić information content (AvgIpc) is 2.67. The van der Waals surface area contributed by atoms with E-state index in [-0.39, 0.29) is 18.3 Å². The van der Waals surface area contributed by atoms with Crippen LogP contribution in [0.25, 0.3) is 0 Å². The van der Waals surface area contributed by atoms with Crippen molar-refractivity contribution >= 4 is 15.9 Å². The fourth-order valence-corrected chi connectivity index (χ4v) is 4.55. The van der Waals surface area contributed by atoms with Crippen LogP contribution in [0.4, 0.5) is 0 Å². The smallest absolute Gasteiger partial charge is 0.260 e. The molecule has 0 aromatic heterocycles. The van der Waals surface area contributed by atoms with Gasteiger partial charge in [-0.05, 0) is 30.2 Å². The first-order chi connectivity index (χ1) is 12.9. The monoisotopic (exact) mass is 388 g/mol. The molecule has 0 aliphatic carbocycles. The summed E-state index contributed by atoms with van der Waals surface area (Å²) >= 11 is 0. The standard InChI is InChI=1S/C20H24N2O4S/c1-17-6-5-9-19(14-17)26-15-20(23)21-10-12-22(13-11-21)27(24,25)16-18-7-3-2-4-8-18/h2-9,14H,10-13,15-16H2,1H3. The van der Waals surface area contributed by atoms with Crippen molar-refractivity contribution in [3.05, 3.63) is 65.7 Å². The van der Waals surface area contributed by atoms with E-state index < -0.39 is 10.0 Å². The highest BCUT2D eigenvalue weighted by atomic mass is 32.2. The zero-order chi connectivity index (χ0) is 19.3. The van der Waals surface area contributed by atoms with Crippen LogP contribution in [0.2, 0.25) is 0 Å². The molecule has 1 heterocycles. The summed E-state index contributed by atoms with van der Waals surface area (Å²) in [5.41, 5.74) is 1.83. The zero-order valence-corrected chi connectivity index (χ0v) is 16.2. The van der Waals surface area contributed by atoms with Gasteiger partial charge in [0.2, 0.25) is 10.0 Å². The third-order valence-corrected chi connectivity index (χ3v) is 6.38. The molecule has 3 rings (SSSR count). The molecule has 1 saturated heterocycles. The van der Waals surface area contributed by atoms with Crippen LogP contribution in [-0.4, -0.2) is 56.3 Å². The lowest BCUT2D eigenvalue weighted by Crippen LogP contribution is -2.51. The Morgan fingerprint density at radius 3 is 2.37 bits per heavy atom. The van der Waals surface area contributed by atoms with Crippen LogP contribution in [0.1, 0.15) is 11.1 Å². The Bertz CT molecular complexity index is 876. The summed E-state index contributed by atoms with van der Waals surface area (Å²) in [6.07, 6.45) is 0. The van der Waals surface area contributed by atoms with E-state index in [1.54, 1.807) is 17.0 Å². The minimum atomic E-state index is -3.38. The van der Waals surface area contributed by atoms with Crippen LogP contribution in [-0.2, 0) is 20.6 Å². The van der Waals surface area contributed by atoms with E-state index in [2.05, 4.69) is 0 Å². The number of nitrogens with zero attached hydrogens (tertiary/aromatic N) is 2. The predicted molar refractivity (Wildman–Crippen MR) is 104 cm³/mol. The molecule has 144 valence electrons. The maximum Gasteiger partial charge on any atom is 0.260 e. The molecule has 0 spiro atoms. The fraction of sp³-hybridized carbons (Fsp3) is 0.350. The van der Waals surface area contributed by atoms with Crippen molar-refractivity contribution < 1.29 is 17.9 Å². The van der Waals surface area contributed by atoms with Crippen LogP contribution < -0.4 is 4.74 Å². The maximum absolute atomic E-state index is 12.6. The molecular formula is C20H24N2O4S. The first-order valence-electron chi connectivity index (χ1n) is 8.93. The average molecular weight is 388 g/mol. The van der Waals surface area contributed by atoms with Crippen molar-refractivity contribution in [2.24, 2.45) is 0 Å². The van der Waals surface area contributed by atoms with Gasteiger partial charge in [0.1, 0.15) is 5.75 Å². The SMILES string of the molecule is Cc1cccc(OCC(=O)N2CCN(S(=O)(=O)Cc3ccccc3)CC2)c1. The third-order valence-electron chi connectivity index (χ3n) is 4.53. The van der Waals surface area contributed by atoms with Crippen molar-refractivity contribution in [3.63, 3.8) is 0 Å². The van der Waals surface area contributed by atoms with Gasteiger partial charge in [-0.3, -0.25) is 4.79 Å². The summed E-state index contributed by atoms with van der Waals surface area (Å²) in [4.78, 5) is 14.0. The van der Waals surface area contributed by atoms with Gasteiger partial charge in [-0.25, -0.2) is 8.42 Å². The molecule has 0 bridgehead atoms. The molecule has 2 aromatic rings. The lowest BCUT2D eigenvalue weighted by molar-refractivity contribution is -0.134. The Morgan fingerprint density at radius 2 is 1.70 bits per heavy atom. The molecule has 7 heteroatoms. The van der Waals surface area contributed by atoms with Gasteiger partial charge in [-0.1, -0.05) is 42.5 Å². The summed E-state index contributed by atoms with van der Waals surface area (Å²) in [5, 5.41) is 0. The van der Waals surface area contributed by atoms with Gasteiger partial charge in [0.25, 0.3) is 5.91 Å². The minimum absolute atomic E-state index is 0.0156. The number of carbonyl (C=O) groups excluding carboxylic acids is 1. The molecule has 27 heavy (non-hydrogen) atoms. The van der Waals surface area contributed by atoms with Crippen LogP contribution in [0.5, 0.6) is 5.75 Å². The molecule has 0 unspecified atom stereocenters. The summed E-state index contributed by atoms with van der Waals surface area (Å²) in [6.45, 7) is 3.30. The first kappa shape index (κ1) is 19.4. The van der Waals surface area contributed by atoms with Crippen molar-refractivity contribution in [1.29, 1.82) is 0 Å². The van der Waals surface area contributed by atoms with E-state index >= 15 is 0 Å². The van der Waals surface area contributed by atoms with Gasteiger partial charge in [0.05, 0.1) is 5.75 Å². The minimum Gasteiger partial charge on any atom is -0.484 e. The van der Waals surface area contributed by atoms with Crippen LogP contribution in [0, 0.1) is 6.92 Å². The number of ether oxygens (including phenoxy) is 1. The zero-order valence-electron chi connectivity index (χ0n) is 15.4. The summed E-state index contributed by atoms with van der Waals surface area (Å²) in [7, 11) is -3.38. The molecule has 0 radical (unpaired) electrons. The summed E-state index contributed by atoms with van der Waals surface area (Å²) < 4.78 is 32.2. The molecule has 1 aliphatic rings. The third kappa shape index (κ3) is 5.30. The molecule has 0 N–H and O–H groups in total. The van der Waals surface area contributed by atoms with Crippen molar-refractivity contribution in [2.75, 3.05) is 32.8 Å². The number of aryl methyl sites for hydroxylation is 1. The molecule has 2 aromatic carbocycles. The Kier molecular flexibility index (Phi) is 6.13. The Morgan fingerprint density at radius 1 is 1.00 bits per heavy atom. The second-order valence-corrected chi connectivity index (χ2v) is 8.60. The van der Waals surface area contributed by atoms with Crippen molar-refractivity contribution in [3.8, 4) is 5.75 Å². The first-order valence-corrected chi connectivity index (χ1v) is 10.5. The van der Waals surface area contributed by atoms with Crippen molar-refractivity contribution in [1.82, 2.24) is 9.21 Å². The van der Waals surface area contributed by atoms with E-state index in [0.29, 0.717) is 31.9 Å². The number of carbonyl (C=O) groups is 1. The van der Waals surface area contributed by atoms with E-state index in [4.69, 9.17) is 4.74 Å². The highest BCUT2D eigenvalue weighted by Gasteiger charge is 2.29. The van der Waals surface area contributed by atoms with Gasteiger partial charge in [-0.2, -0.15) is 4.31 Å². The Hall–Kier alpha value is -2.38. The normalized spacial score (nSPS) is 15.5. The molecule has 0 saturated carbocycles. The van der Waals surface area contributed by atoms with E-state index in [1.165, 1.54) is 4.31 Å². The van der Waals surface area contributed by atoms with Gasteiger partial charge in [0.15, 0.2) is 6.61 Å². The number of piperazine rings is 1. The molecule has 1 amide bonds. The predicted octanol–water partition coefficient (Wildman–Crippen LogP) is 2.05. The lowest BCUT2D eigenvalue weighted by atomic mass is 10.2. The van der Waals surface area contributed by atoms with Crippen LogP contribution >= 0.6 is 0 Å². The largest absolute Gasteiger partial charge is 0.484 e. The highest BCUT2D eigenvalue weighted by molar-refractivity contribution is 7.88. The molecule has 1 aliphatic heterocycles. The maximum atomic E-state index is 12.6.